The number of amides is 1. The van der Waals surface area contributed by atoms with E-state index in [-0.39, 0.29) is 11.3 Å². The molecule has 1 unspecified atom stereocenters. The van der Waals surface area contributed by atoms with Crippen LogP contribution in [0.2, 0.25) is 0 Å². The highest BCUT2D eigenvalue weighted by Gasteiger charge is 2.35. The van der Waals surface area contributed by atoms with Crippen LogP contribution in [0.5, 0.6) is 5.75 Å². The summed E-state index contributed by atoms with van der Waals surface area (Å²) in [6, 6.07) is 5.40. The van der Waals surface area contributed by atoms with Crippen LogP contribution in [-0.4, -0.2) is 53.2 Å². The van der Waals surface area contributed by atoms with Gasteiger partial charge in [-0.1, -0.05) is 26.0 Å². The Kier molecular flexibility index (Phi) is 7.63. The first kappa shape index (κ1) is 24.8. The van der Waals surface area contributed by atoms with Crippen molar-refractivity contribution in [3.05, 3.63) is 23.8 Å². The molecular weight excluding hydrogens is 459 g/mol. The van der Waals surface area contributed by atoms with E-state index >= 15 is 0 Å². The summed E-state index contributed by atoms with van der Waals surface area (Å²) >= 11 is 3.95. The van der Waals surface area contributed by atoms with Crippen molar-refractivity contribution in [2.75, 3.05) is 36.7 Å². The zero-order chi connectivity index (χ0) is 22.9. The molecule has 0 radical (unpaired) electrons. The van der Waals surface area contributed by atoms with Gasteiger partial charge in [0.1, 0.15) is 11.4 Å². The Hall–Kier alpha value is -0.870. The Balaban J connectivity index is 1.52. The number of carbonyl (C=O) groups is 1. The molecule has 1 fully saturated rings. The van der Waals surface area contributed by atoms with E-state index in [9.17, 15) is 14.5 Å². The van der Waals surface area contributed by atoms with Gasteiger partial charge in [0.25, 0.3) is 0 Å². The summed E-state index contributed by atoms with van der Waals surface area (Å²) in [7, 11) is 0. The first-order chi connectivity index (χ1) is 14.4. The van der Waals surface area contributed by atoms with Crippen LogP contribution in [0.15, 0.2) is 18.2 Å². The van der Waals surface area contributed by atoms with E-state index in [2.05, 4.69) is 18.6 Å². The lowest BCUT2D eigenvalue weighted by molar-refractivity contribution is 0.0601. The van der Waals surface area contributed by atoms with Gasteiger partial charge in [-0.3, -0.25) is 0 Å². The third kappa shape index (κ3) is 6.57. The molecule has 2 aliphatic heterocycles. The fourth-order valence-corrected chi connectivity index (χ4v) is 7.04. The van der Waals surface area contributed by atoms with Gasteiger partial charge in [0, 0.05) is 30.1 Å². The Labute approximate surface area is 192 Å². The van der Waals surface area contributed by atoms with Crippen LogP contribution in [0, 0.1) is 5.41 Å². The van der Waals surface area contributed by atoms with E-state index < -0.39 is 29.5 Å². The fourth-order valence-electron chi connectivity index (χ4n) is 3.42. The maximum absolute atomic E-state index is 12.5. The summed E-state index contributed by atoms with van der Waals surface area (Å²) in [5.41, 5.74) is 0.927. The molecule has 0 aromatic heterocycles. The molecule has 0 aliphatic carbocycles. The maximum atomic E-state index is 12.5. The molecule has 0 bridgehead atoms. The van der Waals surface area contributed by atoms with Gasteiger partial charge in [0.15, 0.2) is 6.49 Å². The Morgan fingerprint density at radius 2 is 2.00 bits per heavy atom. The average Bonchev–Trinajstić information content (AvgIpc) is 3.00. The van der Waals surface area contributed by atoms with Gasteiger partial charge in [-0.05, 0) is 38.1 Å². The Morgan fingerprint density at radius 3 is 2.65 bits per heavy atom. The van der Waals surface area contributed by atoms with E-state index in [1.807, 2.05) is 19.9 Å². The summed E-state index contributed by atoms with van der Waals surface area (Å²) in [6.45, 7) is 7.34. The number of benzene rings is 1. The molecule has 2 aliphatic rings. The lowest BCUT2D eigenvalue weighted by Crippen LogP contribution is -2.40. The van der Waals surface area contributed by atoms with Gasteiger partial charge in [0.05, 0.1) is 30.3 Å². The lowest BCUT2D eigenvalue weighted by Gasteiger charge is -2.36. The highest BCUT2D eigenvalue weighted by atomic mass is 32.5. The Bertz CT molecular complexity index is 852. The van der Waals surface area contributed by atoms with E-state index in [0.29, 0.717) is 50.2 Å². The van der Waals surface area contributed by atoms with Gasteiger partial charge in [-0.2, -0.15) is 0 Å². The van der Waals surface area contributed by atoms with E-state index in [4.69, 9.17) is 25.6 Å². The highest BCUT2D eigenvalue weighted by Crippen LogP contribution is 2.54. The van der Waals surface area contributed by atoms with Gasteiger partial charge in [-0.15, -0.1) is 4.72 Å². The monoisotopic (exact) mass is 490 g/mol. The van der Waals surface area contributed by atoms with Crippen molar-refractivity contribution in [2.24, 2.45) is 5.41 Å². The number of nitrogens with zero attached hydrogens (tertiary/aromatic N) is 1. The minimum atomic E-state index is -2.29. The molecule has 1 atom stereocenters. The number of rotatable bonds is 8. The molecule has 2 N–H and O–H groups in total. The predicted molar refractivity (Wildman–Crippen MR) is 126 cm³/mol. The number of carboxylic acid groups (broad SMARTS) is 1. The van der Waals surface area contributed by atoms with E-state index in [1.54, 1.807) is 12.1 Å². The molecule has 31 heavy (non-hydrogen) atoms. The largest absolute Gasteiger partial charge is 0.597 e. The van der Waals surface area contributed by atoms with Crippen LogP contribution in [-0.2, 0) is 38.6 Å². The molecule has 1 amide bonds. The first-order valence-corrected chi connectivity index (χ1v) is 14.4. The van der Waals surface area contributed by atoms with E-state index in [1.165, 1.54) is 0 Å². The number of para-hydroxylation sites is 1. The van der Waals surface area contributed by atoms with Crippen molar-refractivity contribution in [3.8, 4) is 5.75 Å². The van der Waals surface area contributed by atoms with Crippen LogP contribution >= 0.6 is 6.49 Å². The van der Waals surface area contributed by atoms with Gasteiger partial charge in [-0.25, -0.2) is 9.69 Å². The number of fused-ring (bicyclic) bond motifs is 1. The molecule has 1 saturated heterocycles. The topological polar surface area (TPSA) is 103 Å². The molecule has 0 spiro atoms. The van der Waals surface area contributed by atoms with E-state index in [0.717, 1.165) is 10.5 Å². The summed E-state index contributed by atoms with van der Waals surface area (Å²) in [5.74, 6) is 0.338. The predicted octanol–water partition coefficient (Wildman–Crippen LogP) is 3.87. The zero-order valence-electron chi connectivity index (χ0n) is 18.4. The second-order valence-electron chi connectivity index (χ2n) is 9.28. The molecule has 3 rings (SSSR count). The maximum Gasteiger partial charge on any atom is 0.415 e. The molecule has 8 nitrogen and oxygen atoms in total. The van der Waals surface area contributed by atoms with Crippen molar-refractivity contribution in [2.45, 2.75) is 46.1 Å². The lowest BCUT2D eigenvalue weighted by atomic mass is 9.97. The third-order valence-corrected chi connectivity index (χ3v) is 9.12. The summed E-state index contributed by atoms with van der Waals surface area (Å²) in [6.07, 6.45) is 0.728. The second-order valence-corrected chi connectivity index (χ2v) is 14.4. The molecule has 1 aromatic carbocycles. The summed E-state index contributed by atoms with van der Waals surface area (Å²) in [5, 5.41) is 9.72. The SMILES string of the molecule is CC1(C)COP(=S)(CCCN[S+]([O-])CN(C(=O)O)c2cccc3c2OC(C)(C)C3)OC1. The number of nitrogens with one attached hydrogen (secondary N) is 1. The van der Waals surface area contributed by atoms with Crippen LogP contribution < -0.4 is 14.4 Å². The second kappa shape index (κ2) is 9.55. The third-order valence-electron chi connectivity index (χ3n) is 5.01. The number of hydrogen-bond donors (Lipinski definition) is 2. The van der Waals surface area contributed by atoms with Crippen molar-refractivity contribution in [1.82, 2.24) is 4.72 Å². The van der Waals surface area contributed by atoms with Gasteiger partial charge in [0.2, 0.25) is 5.88 Å². The molecule has 174 valence electrons. The molecular formula is C20H31N2O6PS2. The van der Waals surface area contributed by atoms with Crippen LogP contribution in [0.25, 0.3) is 0 Å². The molecule has 0 saturated carbocycles. The summed E-state index contributed by atoms with van der Waals surface area (Å²) in [4.78, 5) is 13.0. The van der Waals surface area contributed by atoms with Crippen molar-refractivity contribution in [3.63, 3.8) is 0 Å². The summed E-state index contributed by atoms with van der Waals surface area (Å²) < 4.78 is 33.0. The van der Waals surface area contributed by atoms with Crippen LogP contribution in [0.1, 0.15) is 39.7 Å². The van der Waals surface area contributed by atoms with Crippen LogP contribution in [0.3, 0.4) is 0 Å². The molecule has 11 heteroatoms. The molecule has 2 heterocycles. The highest BCUT2D eigenvalue weighted by molar-refractivity contribution is 8.09. The van der Waals surface area contributed by atoms with Gasteiger partial charge < -0.3 is 23.4 Å². The first-order valence-electron chi connectivity index (χ1n) is 10.2. The molecule has 1 aromatic rings. The number of ether oxygens (including phenoxy) is 1. The zero-order valence-corrected chi connectivity index (χ0v) is 20.9. The average molecular weight is 491 g/mol. The normalized spacial score (nSPS) is 21.7. The minimum absolute atomic E-state index is 0.0289. The van der Waals surface area contributed by atoms with Crippen molar-refractivity contribution in [1.29, 1.82) is 0 Å². The Morgan fingerprint density at radius 1 is 1.32 bits per heavy atom. The number of hydrogen-bond acceptors (Lipinski definition) is 7. The smallest absolute Gasteiger partial charge is 0.415 e. The fraction of sp³-hybridized carbons (Fsp3) is 0.650. The number of anilines is 1. The van der Waals surface area contributed by atoms with Gasteiger partial charge >= 0.3 is 6.09 Å². The van der Waals surface area contributed by atoms with Crippen LogP contribution in [0.4, 0.5) is 10.5 Å². The van der Waals surface area contributed by atoms with Crippen molar-refractivity contribution < 1.29 is 28.2 Å². The standard InChI is InChI=1S/C20H31N2O6PS2/c1-19(2)12-26-29(30,27-13-19)10-6-9-21-31(25)14-22(18(23)24)16-8-5-7-15-11-20(3,4)28-17(15)16/h5,7-8,21H,6,9-14H2,1-4H3,(H,23,24). The van der Waals surface area contributed by atoms with Crippen molar-refractivity contribution >= 4 is 41.4 Å². The quantitative estimate of drug-likeness (QED) is 0.322. The minimum Gasteiger partial charge on any atom is -0.597 e.